The van der Waals surface area contributed by atoms with Gasteiger partial charge in [0, 0.05) is 38.6 Å². The van der Waals surface area contributed by atoms with E-state index in [1.54, 1.807) is 0 Å². The summed E-state index contributed by atoms with van der Waals surface area (Å²) >= 11 is 0. The molecule has 3 aromatic heterocycles. The van der Waals surface area contributed by atoms with Crippen LogP contribution in [0.3, 0.4) is 0 Å². The van der Waals surface area contributed by atoms with Crippen molar-refractivity contribution in [2.45, 2.75) is 0 Å². The van der Waals surface area contributed by atoms with Gasteiger partial charge in [-0.3, -0.25) is 0 Å². The van der Waals surface area contributed by atoms with Gasteiger partial charge in [-0.05, 0) is 63.0 Å². The van der Waals surface area contributed by atoms with Crippen LogP contribution in [0.25, 0.3) is 106 Å². The zero-order valence-corrected chi connectivity index (χ0v) is 32.1. The molecule has 0 spiro atoms. The number of hydrogen-bond acceptors (Lipinski definition) is 3. The van der Waals surface area contributed by atoms with Crippen LogP contribution in [0.1, 0.15) is 0 Å². The van der Waals surface area contributed by atoms with Crippen LogP contribution in [-0.4, -0.2) is 19.6 Å². The highest BCUT2D eigenvalue weighted by Gasteiger charge is 2.22. The molecule has 8 aromatic carbocycles. The smallest absolute Gasteiger partial charge is 0.160 e. The fraction of sp³-hybridized carbons (Fsp3) is 0. The van der Waals surface area contributed by atoms with E-state index in [1.165, 1.54) is 5.39 Å². The Hall–Kier alpha value is -7.95. The minimum Gasteiger partial charge on any atom is -0.231 e. The first-order chi connectivity index (χ1) is 29.3. The van der Waals surface area contributed by atoms with Crippen molar-refractivity contribution >= 4 is 27.2 Å². The maximum Gasteiger partial charge on any atom is 0.160 e. The molecular formula is C55H36N4. The van der Waals surface area contributed by atoms with E-state index in [4.69, 9.17) is 15.1 Å². The molecule has 4 heteroatoms. The molecule has 0 N–H and O–H groups in total. The Morgan fingerprint density at radius 3 is 1.46 bits per heavy atom. The summed E-state index contributed by atoms with van der Waals surface area (Å²) in [6.45, 7) is 0. The molecule has 3 heterocycles. The van der Waals surface area contributed by atoms with Crippen LogP contribution >= 0.6 is 0 Å². The molecule has 59 heavy (non-hydrogen) atoms. The lowest BCUT2D eigenvalue weighted by atomic mass is 9.91. The van der Waals surface area contributed by atoms with Crippen LogP contribution in [-0.2, 0) is 0 Å². The lowest BCUT2D eigenvalue weighted by Crippen LogP contribution is -2.00. The van der Waals surface area contributed by atoms with Gasteiger partial charge >= 0.3 is 0 Å². The van der Waals surface area contributed by atoms with E-state index in [0.717, 1.165) is 94.4 Å². The predicted octanol–water partition coefficient (Wildman–Crippen LogP) is 14.1. The summed E-state index contributed by atoms with van der Waals surface area (Å²) in [5.74, 6) is 0.688. The van der Waals surface area contributed by atoms with Crippen LogP contribution in [0.4, 0.5) is 0 Å². The third-order valence-corrected chi connectivity index (χ3v) is 11.3. The first-order valence-electron chi connectivity index (χ1n) is 19.9. The number of benzene rings is 8. The molecule has 0 aliphatic heterocycles. The zero-order chi connectivity index (χ0) is 39.1. The molecular weight excluding hydrogens is 717 g/mol. The van der Waals surface area contributed by atoms with E-state index in [0.29, 0.717) is 5.82 Å². The van der Waals surface area contributed by atoms with Crippen molar-refractivity contribution in [3.05, 3.63) is 219 Å². The number of fused-ring (bicyclic) bond motifs is 4. The van der Waals surface area contributed by atoms with E-state index in [1.807, 2.05) is 12.3 Å². The summed E-state index contributed by atoms with van der Waals surface area (Å²) in [6, 6.07) is 74.8. The Labute approximate surface area is 342 Å². The molecule has 0 unspecified atom stereocenters. The standard InChI is InChI=1S/C55H36N4/c1-5-17-37(18-6-1)43-33-44(38-19-7-2-8-20-38)35-45(34-43)55-57-50-28-16-15-27-48(50)52(58-55)41-31-29-40(30-32-41)51-46-25-13-14-26-47(46)54-49(39-21-9-3-10-22-39)36-56-59(54)53(51)42-23-11-4-12-24-42/h1-36H. The monoisotopic (exact) mass is 752 g/mol. The van der Waals surface area contributed by atoms with E-state index >= 15 is 0 Å². The van der Waals surface area contributed by atoms with Crippen molar-refractivity contribution in [2.24, 2.45) is 0 Å². The lowest BCUT2D eigenvalue weighted by molar-refractivity contribution is 0.976. The fourth-order valence-electron chi connectivity index (χ4n) is 8.47. The van der Waals surface area contributed by atoms with Crippen molar-refractivity contribution in [1.29, 1.82) is 0 Å². The highest BCUT2D eigenvalue weighted by molar-refractivity contribution is 6.13. The maximum atomic E-state index is 5.38. The van der Waals surface area contributed by atoms with Crippen LogP contribution in [0.5, 0.6) is 0 Å². The Morgan fingerprint density at radius 1 is 0.339 bits per heavy atom. The topological polar surface area (TPSA) is 43.1 Å². The molecule has 0 bridgehead atoms. The Bertz CT molecular complexity index is 3230. The van der Waals surface area contributed by atoms with E-state index in [2.05, 4.69) is 211 Å². The van der Waals surface area contributed by atoms with E-state index in [-0.39, 0.29) is 0 Å². The summed E-state index contributed by atoms with van der Waals surface area (Å²) in [6.07, 6.45) is 2.01. The molecule has 0 amide bonds. The number of rotatable bonds is 7. The third-order valence-electron chi connectivity index (χ3n) is 11.3. The van der Waals surface area contributed by atoms with Crippen LogP contribution in [0, 0.1) is 0 Å². The molecule has 11 aromatic rings. The highest BCUT2D eigenvalue weighted by Crippen LogP contribution is 2.43. The van der Waals surface area contributed by atoms with Gasteiger partial charge < -0.3 is 0 Å². The minimum atomic E-state index is 0.688. The largest absolute Gasteiger partial charge is 0.231 e. The van der Waals surface area contributed by atoms with Crippen molar-refractivity contribution in [1.82, 2.24) is 19.6 Å². The SMILES string of the molecule is c1ccc(-c2cc(-c3ccccc3)cc(-c3nc(-c4ccc(-c5c(-c6ccccc6)n6ncc(-c7ccccc7)c6c6ccccc56)cc4)c4ccccc4n3)c2)cc1. The summed E-state index contributed by atoms with van der Waals surface area (Å²) in [5.41, 5.74) is 16.1. The molecule has 0 atom stereocenters. The first kappa shape index (κ1) is 34.3. The van der Waals surface area contributed by atoms with Gasteiger partial charge in [0.25, 0.3) is 0 Å². The van der Waals surface area contributed by atoms with Crippen molar-refractivity contribution in [3.8, 4) is 78.4 Å². The maximum absolute atomic E-state index is 5.38. The Balaban J connectivity index is 1.09. The average molecular weight is 753 g/mol. The van der Waals surface area contributed by atoms with Gasteiger partial charge in [0.15, 0.2) is 5.82 Å². The average Bonchev–Trinajstić information content (AvgIpc) is 3.77. The molecule has 0 aliphatic carbocycles. The summed E-state index contributed by atoms with van der Waals surface area (Å²) in [4.78, 5) is 10.6. The van der Waals surface area contributed by atoms with E-state index in [9.17, 15) is 0 Å². The van der Waals surface area contributed by atoms with Gasteiger partial charge in [0.05, 0.1) is 28.6 Å². The molecule has 276 valence electrons. The lowest BCUT2D eigenvalue weighted by Gasteiger charge is -2.18. The van der Waals surface area contributed by atoms with Gasteiger partial charge in [-0.25, -0.2) is 14.5 Å². The van der Waals surface area contributed by atoms with Crippen molar-refractivity contribution in [3.63, 3.8) is 0 Å². The van der Waals surface area contributed by atoms with Gasteiger partial charge in [-0.2, -0.15) is 5.10 Å². The Morgan fingerprint density at radius 2 is 0.831 bits per heavy atom. The second-order valence-electron chi connectivity index (χ2n) is 14.8. The molecule has 4 nitrogen and oxygen atoms in total. The van der Waals surface area contributed by atoms with Gasteiger partial charge in [-0.15, -0.1) is 0 Å². The summed E-state index contributed by atoms with van der Waals surface area (Å²) in [5, 5.41) is 8.43. The van der Waals surface area contributed by atoms with Crippen LogP contribution in [0.2, 0.25) is 0 Å². The van der Waals surface area contributed by atoms with Gasteiger partial charge in [0.2, 0.25) is 0 Å². The second kappa shape index (κ2) is 14.5. The first-order valence-corrected chi connectivity index (χ1v) is 19.9. The van der Waals surface area contributed by atoms with E-state index < -0.39 is 0 Å². The van der Waals surface area contributed by atoms with Crippen LogP contribution in [0.15, 0.2) is 219 Å². The molecule has 0 radical (unpaired) electrons. The number of pyridine rings is 1. The normalized spacial score (nSPS) is 11.4. The fourth-order valence-corrected chi connectivity index (χ4v) is 8.47. The Kier molecular flexibility index (Phi) is 8.45. The summed E-state index contributed by atoms with van der Waals surface area (Å²) in [7, 11) is 0. The number of para-hydroxylation sites is 1. The zero-order valence-electron chi connectivity index (χ0n) is 32.1. The van der Waals surface area contributed by atoms with Crippen LogP contribution < -0.4 is 0 Å². The molecule has 0 fully saturated rings. The highest BCUT2D eigenvalue weighted by atomic mass is 15.2. The van der Waals surface area contributed by atoms with Crippen molar-refractivity contribution in [2.75, 3.05) is 0 Å². The van der Waals surface area contributed by atoms with Gasteiger partial charge in [-0.1, -0.05) is 188 Å². The second-order valence-corrected chi connectivity index (χ2v) is 14.8. The van der Waals surface area contributed by atoms with Crippen molar-refractivity contribution < 1.29 is 0 Å². The molecule has 0 aliphatic rings. The number of aromatic nitrogens is 4. The third kappa shape index (κ3) is 6.15. The number of hydrogen-bond donors (Lipinski definition) is 0. The molecule has 0 saturated carbocycles. The molecule has 11 rings (SSSR count). The van der Waals surface area contributed by atoms with Gasteiger partial charge in [0.1, 0.15) is 0 Å². The minimum absolute atomic E-state index is 0.688. The number of nitrogens with zero attached hydrogens (tertiary/aromatic N) is 4. The quantitative estimate of drug-likeness (QED) is 0.163. The predicted molar refractivity (Wildman–Crippen MR) is 244 cm³/mol. The molecule has 0 saturated heterocycles. The summed E-state index contributed by atoms with van der Waals surface area (Å²) < 4.78 is 2.14.